The maximum absolute atomic E-state index is 13.4. The molecular formula is C15H24FNO. The number of hydrogen-bond donors (Lipinski definition) is 1. The molecule has 0 aliphatic carbocycles. The van der Waals surface area contributed by atoms with Gasteiger partial charge in [0.25, 0.3) is 0 Å². The van der Waals surface area contributed by atoms with Gasteiger partial charge in [0.1, 0.15) is 0 Å². The molecule has 0 saturated carbocycles. The summed E-state index contributed by atoms with van der Waals surface area (Å²) < 4.78 is 18.9. The fourth-order valence-electron chi connectivity index (χ4n) is 1.67. The van der Waals surface area contributed by atoms with Crippen LogP contribution in [0.25, 0.3) is 0 Å². The number of hydrogen-bond acceptors (Lipinski definition) is 2. The number of halogens is 1. The molecule has 0 heterocycles. The minimum absolute atomic E-state index is 0.0312. The van der Waals surface area contributed by atoms with Crippen molar-refractivity contribution >= 4 is 0 Å². The van der Waals surface area contributed by atoms with Gasteiger partial charge in [-0.3, -0.25) is 0 Å². The first-order valence-corrected chi connectivity index (χ1v) is 6.55. The molecule has 1 atom stereocenters. The van der Waals surface area contributed by atoms with Gasteiger partial charge in [0.15, 0.2) is 11.6 Å². The van der Waals surface area contributed by atoms with Gasteiger partial charge >= 0.3 is 0 Å². The molecule has 0 aliphatic heterocycles. The van der Waals surface area contributed by atoms with Gasteiger partial charge in [-0.15, -0.1) is 0 Å². The van der Waals surface area contributed by atoms with Crippen LogP contribution in [0.5, 0.6) is 5.75 Å². The molecule has 102 valence electrons. The van der Waals surface area contributed by atoms with Crippen LogP contribution in [0.15, 0.2) is 24.3 Å². The third-order valence-corrected chi connectivity index (χ3v) is 2.61. The Morgan fingerprint density at radius 3 is 2.56 bits per heavy atom. The molecule has 18 heavy (non-hydrogen) atoms. The van der Waals surface area contributed by atoms with Gasteiger partial charge in [0.2, 0.25) is 0 Å². The fraction of sp³-hybridized carbons (Fsp3) is 0.600. The Morgan fingerprint density at radius 2 is 1.94 bits per heavy atom. The lowest BCUT2D eigenvalue weighted by atomic mass is 10.1. The largest absolute Gasteiger partial charge is 0.488 e. The van der Waals surface area contributed by atoms with Crippen molar-refractivity contribution in [2.24, 2.45) is 0 Å². The Labute approximate surface area is 110 Å². The quantitative estimate of drug-likeness (QED) is 0.779. The summed E-state index contributed by atoms with van der Waals surface area (Å²) in [4.78, 5) is 0. The monoisotopic (exact) mass is 253 g/mol. The minimum Gasteiger partial charge on any atom is -0.488 e. The molecule has 1 N–H and O–H groups in total. The van der Waals surface area contributed by atoms with Gasteiger partial charge in [-0.1, -0.05) is 12.1 Å². The van der Waals surface area contributed by atoms with Gasteiger partial charge < -0.3 is 10.1 Å². The first-order valence-electron chi connectivity index (χ1n) is 6.55. The van der Waals surface area contributed by atoms with Crippen molar-refractivity contribution in [2.45, 2.75) is 52.2 Å². The van der Waals surface area contributed by atoms with E-state index in [1.54, 1.807) is 18.2 Å². The summed E-state index contributed by atoms with van der Waals surface area (Å²) in [5, 5.41) is 3.42. The average molecular weight is 253 g/mol. The summed E-state index contributed by atoms with van der Waals surface area (Å²) in [6, 6.07) is 6.54. The molecule has 1 aromatic rings. The van der Waals surface area contributed by atoms with Crippen molar-refractivity contribution in [3.05, 3.63) is 30.1 Å². The summed E-state index contributed by atoms with van der Waals surface area (Å²) in [6.45, 7) is 9.36. The molecule has 1 aromatic carbocycles. The molecule has 3 heteroatoms. The van der Waals surface area contributed by atoms with Crippen molar-refractivity contribution in [2.75, 3.05) is 6.54 Å². The topological polar surface area (TPSA) is 21.3 Å². The number of rotatable bonds is 6. The second-order valence-electron chi connectivity index (χ2n) is 5.68. The van der Waals surface area contributed by atoms with E-state index in [1.165, 1.54) is 6.07 Å². The number of benzene rings is 1. The lowest BCUT2D eigenvalue weighted by Crippen LogP contribution is -2.36. The molecule has 0 fully saturated rings. The van der Waals surface area contributed by atoms with Gasteiger partial charge in [-0.25, -0.2) is 4.39 Å². The van der Waals surface area contributed by atoms with Gasteiger partial charge in [-0.2, -0.15) is 0 Å². The van der Waals surface area contributed by atoms with Crippen molar-refractivity contribution in [1.82, 2.24) is 5.32 Å². The summed E-state index contributed by atoms with van der Waals surface area (Å²) in [7, 11) is 0. The van der Waals surface area contributed by atoms with E-state index in [0.29, 0.717) is 5.75 Å². The first kappa shape index (κ1) is 15.0. The van der Waals surface area contributed by atoms with Crippen LogP contribution in [0.2, 0.25) is 0 Å². The highest BCUT2D eigenvalue weighted by Crippen LogP contribution is 2.18. The zero-order valence-electron chi connectivity index (χ0n) is 11.8. The van der Waals surface area contributed by atoms with Crippen LogP contribution in [0, 0.1) is 5.82 Å². The summed E-state index contributed by atoms with van der Waals surface area (Å²) in [6.07, 6.45) is 1.97. The first-order chi connectivity index (χ1) is 8.38. The molecule has 0 amide bonds. The molecule has 0 aromatic heterocycles. The van der Waals surface area contributed by atoms with Gasteiger partial charge in [0, 0.05) is 5.54 Å². The summed E-state index contributed by atoms with van der Waals surface area (Å²) in [5.74, 6) is 0.0472. The van der Waals surface area contributed by atoms with Gasteiger partial charge in [0.05, 0.1) is 6.10 Å². The molecule has 0 bridgehead atoms. The molecule has 1 unspecified atom stereocenters. The molecule has 0 saturated heterocycles. The molecule has 0 radical (unpaired) electrons. The highest BCUT2D eigenvalue weighted by molar-refractivity contribution is 5.23. The van der Waals surface area contributed by atoms with Crippen LogP contribution >= 0.6 is 0 Å². The summed E-state index contributed by atoms with van der Waals surface area (Å²) >= 11 is 0. The second-order valence-corrected chi connectivity index (χ2v) is 5.68. The average Bonchev–Trinajstić information content (AvgIpc) is 2.26. The SMILES string of the molecule is CC(CCCNC(C)(C)C)Oc1ccccc1F. The Kier molecular flexibility index (Phi) is 5.60. The highest BCUT2D eigenvalue weighted by Gasteiger charge is 2.10. The fourth-order valence-corrected chi connectivity index (χ4v) is 1.67. The molecule has 0 aliphatic rings. The van der Waals surface area contributed by atoms with E-state index in [9.17, 15) is 4.39 Å². The van der Waals surface area contributed by atoms with E-state index >= 15 is 0 Å². The van der Waals surface area contributed by atoms with Crippen molar-refractivity contribution in [1.29, 1.82) is 0 Å². The minimum atomic E-state index is -0.294. The molecular weight excluding hydrogens is 229 g/mol. The normalized spacial score (nSPS) is 13.4. The van der Waals surface area contributed by atoms with E-state index in [4.69, 9.17) is 4.74 Å². The Bertz CT molecular complexity index is 360. The van der Waals surface area contributed by atoms with E-state index in [-0.39, 0.29) is 17.5 Å². The van der Waals surface area contributed by atoms with Crippen LogP contribution in [0.1, 0.15) is 40.5 Å². The maximum atomic E-state index is 13.4. The highest BCUT2D eigenvalue weighted by atomic mass is 19.1. The van der Waals surface area contributed by atoms with E-state index in [0.717, 1.165) is 19.4 Å². The molecule has 0 spiro atoms. The standard InChI is InChI=1S/C15H24FNO/c1-12(8-7-11-17-15(2,3)4)18-14-10-6-5-9-13(14)16/h5-6,9-10,12,17H,7-8,11H2,1-4H3. The van der Waals surface area contributed by atoms with Crippen molar-refractivity contribution in [3.8, 4) is 5.75 Å². The van der Waals surface area contributed by atoms with Crippen LogP contribution in [0.3, 0.4) is 0 Å². The third kappa shape index (κ3) is 6.01. The number of ether oxygens (including phenoxy) is 1. The van der Waals surface area contributed by atoms with E-state index < -0.39 is 0 Å². The second kappa shape index (κ2) is 6.74. The zero-order chi connectivity index (χ0) is 13.6. The lowest BCUT2D eigenvalue weighted by Gasteiger charge is -2.21. The predicted octanol–water partition coefficient (Wildman–Crippen LogP) is 3.76. The number of nitrogens with one attached hydrogen (secondary N) is 1. The van der Waals surface area contributed by atoms with Crippen molar-refractivity contribution in [3.63, 3.8) is 0 Å². The summed E-state index contributed by atoms with van der Waals surface area (Å²) in [5.41, 5.74) is 0.148. The maximum Gasteiger partial charge on any atom is 0.165 e. The Balaban J connectivity index is 2.26. The predicted molar refractivity (Wildman–Crippen MR) is 73.5 cm³/mol. The molecule has 2 nitrogen and oxygen atoms in total. The van der Waals surface area contributed by atoms with Crippen LogP contribution in [-0.4, -0.2) is 18.2 Å². The lowest BCUT2D eigenvalue weighted by molar-refractivity contribution is 0.197. The van der Waals surface area contributed by atoms with Crippen LogP contribution < -0.4 is 10.1 Å². The van der Waals surface area contributed by atoms with Gasteiger partial charge in [-0.05, 0) is 59.2 Å². The third-order valence-electron chi connectivity index (χ3n) is 2.61. The number of para-hydroxylation sites is 1. The Morgan fingerprint density at radius 1 is 1.28 bits per heavy atom. The van der Waals surface area contributed by atoms with Crippen LogP contribution in [-0.2, 0) is 0 Å². The van der Waals surface area contributed by atoms with E-state index in [2.05, 4.69) is 26.1 Å². The van der Waals surface area contributed by atoms with Crippen molar-refractivity contribution < 1.29 is 9.13 Å². The smallest absolute Gasteiger partial charge is 0.165 e. The van der Waals surface area contributed by atoms with Crippen LogP contribution in [0.4, 0.5) is 4.39 Å². The molecule has 1 rings (SSSR count). The Hall–Kier alpha value is -1.09. The zero-order valence-corrected chi connectivity index (χ0v) is 11.8. The van der Waals surface area contributed by atoms with E-state index in [1.807, 2.05) is 6.92 Å².